The average Bonchev–Trinajstić information content (AvgIpc) is 3.19. The number of ether oxygens (including phenoxy) is 1. The van der Waals surface area contributed by atoms with Crippen molar-refractivity contribution in [3.8, 4) is 0 Å². The molecule has 6 nitrogen and oxygen atoms in total. The van der Waals surface area contributed by atoms with Crippen molar-refractivity contribution in [1.29, 1.82) is 0 Å². The number of aryl methyl sites for hydroxylation is 1. The quantitative estimate of drug-likeness (QED) is 0.895. The Morgan fingerprint density at radius 2 is 2.29 bits per heavy atom. The second-order valence-corrected chi connectivity index (χ2v) is 6.68. The van der Waals surface area contributed by atoms with Crippen molar-refractivity contribution >= 4 is 29.7 Å². The van der Waals surface area contributed by atoms with Crippen LogP contribution in [0.4, 0.5) is 0 Å². The molecule has 1 amide bonds. The van der Waals surface area contributed by atoms with E-state index in [0.29, 0.717) is 13.1 Å². The molecule has 2 aromatic heterocycles. The third kappa shape index (κ3) is 3.97. The highest BCUT2D eigenvalue weighted by Gasteiger charge is 2.33. The number of hydrogen-bond donors (Lipinski definition) is 1. The minimum Gasteiger partial charge on any atom is -0.367 e. The molecule has 3 unspecified atom stereocenters. The van der Waals surface area contributed by atoms with Gasteiger partial charge in [-0.25, -0.2) is 0 Å². The molecule has 132 valence electrons. The first kappa shape index (κ1) is 18.9. The van der Waals surface area contributed by atoms with E-state index >= 15 is 0 Å². The number of carbonyl (C=O) groups is 1. The summed E-state index contributed by atoms with van der Waals surface area (Å²) in [6.45, 7) is 3.20. The van der Waals surface area contributed by atoms with Gasteiger partial charge in [0.25, 0.3) is 0 Å². The van der Waals surface area contributed by atoms with Gasteiger partial charge in [-0.05, 0) is 36.4 Å². The number of likely N-dealkylation sites (N-methyl/N-ethyl adjacent to an activating group) is 1. The van der Waals surface area contributed by atoms with Crippen LogP contribution in [-0.4, -0.2) is 46.8 Å². The molecule has 3 rings (SSSR count). The fourth-order valence-corrected chi connectivity index (χ4v) is 3.68. The number of thiophene rings is 1. The van der Waals surface area contributed by atoms with Gasteiger partial charge in [-0.1, -0.05) is 0 Å². The Morgan fingerprint density at radius 3 is 2.88 bits per heavy atom. The van der Waals surface area contributed by atoms with Crippen LogP contribution >= 0.6 is 23.7 Å². The van der Waals surface area contributed by atoms with E-state index in [0.717, 1.165) is 11.1 Å². The summed E-state index contributed by atoms with van der Waals surface area (Å²) < 4.78 is 7.72. The Bertz CT molecular complexity index is 661. The molecular weight excluding hydrogens is 348 g/mol. The fraction of sp³-hybridized carbons (Fsp3) is 0.500. The summed E-state index contributed by atoms with van der Waals surface area (Å²) in [5.74, 6) is 0.0656. The predicted molar refractivity (Wildman–Crippen MR) is 96.4 cm³/mol. The third-order valence-corrected chi connectivity index (χ3v) is 4.78. The maximum atomic E-state index is 13.0. The standard InChI is InChI=1S/C16H22N4O2S.ClH/c1-11-7-20(9-14(22-11)12-4-5-23-10-12)16(21)15(17-2)13-6-18-19(3)8-13;/h4-6,8,10-11,14-15,17H,7,9H2,1-3H3;1H. The van der Waals surface area contributed by atoms with Gasteiger partial charge in [0.05, 0.1) is 18.8 Å². The largest absolute Gasteiger partial charge is 0.367 e. The molecule has 0 spiro atoms. The molecule has 0 saturated carbocycles. The Morgan fingerprint density at radius 1 is 1.50 bits per heavy atom. The molecule has 24 heavy (non-hydrogen) atoms. The number of carbonyl (C=O) groups excluding carboxylic acids is 1. The summed E-state index contributed by atoms with van der Waals surface area (Å²) in [6.07, 6.45) is 3.57. The lowest BCUT2D eigenvalue weighted by Gasteiger charge is -2.38. The maximum absolute atomic E-state index is 13.0. The van der Waals surface area contributed by atoms with Crippen LogP contribution in [0, 0.1) is 0 Å². The molecule has 2 aromatic rings. The lowest BCUT2D eigenvalue weighted by atomic mass is 10.1. The molecule has 1 aliphatic heterocycles. The minimum atomic E-state index is -0.378. The first-order chi connectivity index (χ1) is 11.1. The molecule has 0 radical (unpaired) electrons. The maximum Gasteiger partial charge on any atom is 0.244 e. The zero-order chi connectivity index (χ0) is 16.4. The molecule has 8 heteroatoms. The van der Waals surface area contributed by atoms with E-state index in [1.807, 2.05) is 30.4 Å². The van der Waals surface area contributed by atoms with E-state index in [4.69, 9.17) is 4.74 Å². The topological polar surface area (TPSA) is 59.4 Å². The number of morpholine rings is 1. The van der Waals surface area contributed by atoms with Crippen molar-refractivity contribution in [2.75, 3.05) is 20.1 Å². The van der Waals surface area contributed by atoms with Gasteiger partial charge in [0, 0.05) is 25.4 Å². The van der Waals surface area contributed by atoms with E-state index in [2.05, 4.69) is 21.9 Å². The monoisotopic (exact) mass is 370 g/mol. The lowest BCUT2D eigenvalue weighted by molar-refractivity contribution is -0.147. The van der Waals surface area contributed by atoms with E-state index in [9.17, 15) is 4.79 Å². The molecular formula is C16H23ClN4O2S. The van der Waals surface area contributed by atoms with Crippen molar-refractivity contribution in [3.63, 3.8) is 0 Å². The number of aromatic nitrogens is 2. The van der Waals surface area contributed by atoms with Crippen LogP contribution in [0.15, 0.2) is 29.2 Å². The van der Waals surface area contributed by atoms with Crippen molar-refractivity contribution in [3.05, 3.63) is 40.3 Å². The molecule has 0 aliphatic carbocycles. The Balaban J connectivity index is 0.00000208. The van der Waals surface area contributed by atoms with Crippen LogP contribution in [0.3, 0.4) is 0 Å². The van der Waals surface area contributed by atoms with Crippen LogP contribution < -0.4 is 5.32 Å². The number of nitrogens with one attached hydrogen (secondary N) is 1. The highest BCUT2D eigenvalue weighted by Crippen LogP contribution is 2.28. The predicted octanol–water partition coefficient (Wildman–Crippen LogP) is 2.15. The average molecular weight is 371 g/mol. The zero-order valence-electron chi connectivity index (χ0n) is 14.0. The molecule has 0 aromatic carbocycles. The minimum absolute atomic E-state index is 0. The first-order valence-electron chi connectivity index (χ1n) is 7.70. The number of halogens is 1. The van der Waals surface area contributed by atoms with Crippen molar-refractivity contribution < 1.29 is 9.53 Å². The number of nitrogens with zero attached hydrogens (tertiary/aromatic N) is 3. The van der Waals surface area contributed by atoms with Gasteiger partial charge in [0.2, 0.25) is 5.91 Å². The summed E-state index contributed by atoms with van der Waals surface area (Å²) in [5, 5.41) is 11.4. The molecule has 1 aliphatic rings. The van der Waals surface area contributed by atoms with Crippen molar-refractivity contribution in [2.24, 2.45) is 7.05 Å². The fourth-order valence-electron chi connectivity index (χ4n) is 2.98. The molecule has 3 heterocycles. The van der Waals surface area contributed by atoms with Crippen molar-refractivity contribution in [1.82, 2.24) is 20.0 Å². The SMILES string of the molecule is CNC(C(=O)N1CC(C)OC(c2ccsc2)C1)c1cnn(C)c1.Cl. The summed E-state index contributed by atoms with van der Waals surface area (Å²) in [6, 6.07) is 1.68. The van der Waals surface area contributed by atoms with Gasteiger partial charge in [0.15, 0.2) is 0 Å². The second kappa shape index (κ2) is 8.11. The molecule has 3 atom stereocenters. The smallest absolute Gasteiger partial charge is 0.244 e. The summed E-state index contributed by atoms with van der Waals surface area (Å²) in [7, 11) is 3.65. The van der Waals surface area contributed by atoms with Gasteiger partial charge in [-0.3, -0.25) is 9.48 Å². The highest BCUT2D eigenvalue weighted by molar-refractivity contribution is 7.07. The van der Waals surface area contributed by atoms with E-state index in [-0.39, 0.29) is 36.6 Å². The van der Waals surface area contributed by atoms with E-state index in [1.54, 1.807) is 29.3 Å². The third-order valence-electron chi connectivity index (χ3n) is 4.08. The molecule has 0 bridgehead atoms. The highest BCUT2D eigenvalue weighted by atomic mass is 35.5. The lowest BCUT2D eigenvalue weighted by Crippen LogP contribution is -2.49. The molecule has 1 fully saturated rings. The Hall–Kier alpha value is -1.41. The van der Waals surface area contributed by atoms with Gasteiger partial charge >= 0.3 is 0 Å². The van der Waals surface area contributed by atoms with Gasteiger partial charge in [-0.2, -0.15) is 16.4 Å². The summed E-state index contributed by atoms with van der Waals surface area (Å²) >= 11 is 1.65. The van der Waals surface area contributed by atoms with E-state index < -0.39 is 0 Å². The molecule has 1 N–H and O–H groups in total. The Labute approximate surface area is 152 Å². The molecule has 1 saturated heterocycles. The normalized spacial score (nSPS) is 22.0. The van der Waals surface area contributed by atoms with Gasteiger partial charge < -0.3 is 15.0 Å². The van der Waals surface area contributed by atoms with Crippen LogP contribution in [0.2, 0.25) is 0 Å². The van der Waals surface area contributed by atoms with Crippen molar-refractivity contribution in [2.45, 2.75) is 25.2 Å². The summed E-state index contributed by atoms with van der Waals surface area (Å²) in [4.78, 5) is 14.9. The second-order valence-electron chi connectivity index (χ2n) is 5.90. The van der Waals surface area contributed by atoms with Crippen LogP contribution in [0.1, 0.15) is 30.2 Å². The van der Waals surface area contributed by atoms with Gasteiger partial charge in [-0.15, -0.1) is 12.4 Å². The van der Waals surface area contributed by atoms with Gasteiger partial charge in [0.1, 0.15) is 12.1 Å². The van der Waals surface area contributed by atoms with Crippen LogP contribution in [-0.2, 0) is 16.6 Å². The number of rotatable bonds is 4. The van der Waals surface area contributed by atoms with Crippen LogP contribution in [0.25, 0.3) is 0 Å². The van der Waals surface area contributed by atoms with E-state index in [1.165, 1.54) is 0 Å². The van der Waals surface area contributed by atoms with Crippen LogP contribution in [0.5, 0.6) is 0 Å². The number of hydrogen-bond acceptors (Lipinski definition) is 5. The summed E-state index contributed by atoms with van der Waals surface area (Å²) in [5.41, 5.74) is 2.02. The Kier molecular flexibility index (Phi) is 6.40. The zero-order valence-corrected chi connectivity index (χ0v) is 15.6. The first-order valence-corrected chi connectivity index (χ1v) is 8.65. The number of amides is 1.